The summed E-state index contributed by atoms with van der Waals surface area (Å²) in [5.41, 5.74) is 3.21. The summed E-state index contributed by atoms with van der Waals surface area (Å²) in [4.78, 5) is 27.6. The second kappa shape index (κ2) is 13.7. The second-order valence-corrected chi connectivity index (χ2v) is 8.64. The first-order valence-electron chi connectivity index (χ1n) is 12.2. The zero-order valence-electron chi connectivity index (χ0n) is 21.0. The molecule has 0 spiro atoms. The lowest BCUT2D eigenvalue weighted by molar-refractivity contribution is -0.122. The van der Waals surface area contributed by atoms with Crippen LogP contribution in [0.4, 0.5) is 5.69 Å². The zero-order valence-corrected chi connectivity index (χ0v) is 21.0. The number of nitrogens with zero attached hydrogens (tertiary/aromatic N) is 1. The van der Waals surface area contributed by atoms with Crippen LogP contribution in [0.3, 0.4) is 0 Å². The highest BCUT2D eigenvalue weighted by molar-refractivity contribution is 5.98. The van der Waals surface area contributed by atoms with E-state index in [0.717, 1.165) is 42.6 Å². The Morgan fingerprint density at radius 1 is 0.943 bits per heavy atom. The number of fused-ring (bicyclic) bond motifs is 1. The van der Waals surface area contributed by atoms with Gasteiger partial charge in [-0.3, -0.25) is 9.59 Å². The molecule has 0 bridgehead atoms. The molecule has 3 rings (SSSR count). The second-order valence-electron chi connectivity index (χ2n) is 8.64. The molecule has 1 aliphatic rings. The molecule has 0 aliphatic carbocycles. The fourth-order valence-electron chi connectivity index (χ4n) is 4.26. The Labute approximate surface area is 207 Å². The van der Waals surface area contributed by atoms with Gasteiger partial charge in [-0.1, -0.05) is 25.3 Å². The molecule has 0 unspecified atom stereocenters. The summed E-state index contributed by atoms with van der Waals surface area (Å²) in [6.07, 6.45) is 5.48. The highest BCUT2D eigenvalue weighted by atomic mass is 16.5. The van der Waals surface area contributed by atoms with Crippen LogP contribution in [0.2, 0.25) is 0 Å². The number of amides is 2. The molecule has 0 atom stereocenters. The first-order chi connectivity index (χ1) is 17.1. The van der Waals surface area contributed by atoms with Gasteiger partial charge in [0.25, 0.3) is 11.8 Å². The molecule has 0 saturated carbocycles. The van der Waals surface area contributed by atoms with Crippen molar-refractivity contribution in [3.05, 3.63) is 53.1 Å². The summed E-state index contributed by atoms with van der Waals surface area (Å²) in [5, 5.41) is 6.45. The van der Waals surface area contributed by atoms with E-state index in [1.165, 1.54) is 20.0 Å². The van der Waals surface area contributed by atoms with E-state index in [0.29, 0.717) is 36.7 Å². The van der Waals surface area contributed by atoms with Gasteiger partial charge in [0.05, 0.1) is 14.2 Å². The molecule has 2 aromatic rings. The molecule has 8 heteroatoms. The number of hydrogen-bond acceptors (Lipinski definition) is 6. The molecule has 1 heterocycles. The topological polar surface area (TPSA) is 89.1 Å². The monoisotopic (exact) mass is 483 g/mol. The van der Waals surface area contributed by atoms with Crippen molar-refractivity contribution in [1.29, 1.82) is 0 Å². The Bertz CT molecular complexity index is 995. The Morgan fingerprint density at radius 3 is 2.49 bits per heavy atom. The minimum absolute atomic E-state index is 0.0282. The first kappa shape index (κ1) is 26.5. The summed E-state index contributed by atoms with van der Waals surface area (Å²) >= 11 is 0. The number of carbonyl (C=O) groups excluding carboxylic acids is 2. The van der Waals surface area contributed by atoms with Gasteiger partial charge in [0.1, 0.15) is 6.61 Å². The van der Waals surface area contributed by atoms with Crippen LogP contribution < -0.4 is 25.0 Å². The van der Waals surface area contributed by atoms with Gasteiger partial charge >= 0.3 is 0 Å². The minimum atomic E-state index is -0.177. The van der Waals surface area contributed by atoms with E-state index in [-0.39, 0.29) is 18.4 Å². The van der Waals surface area contributed by atoms with E-state index in [1.54, 1.807) is 25.2 Å². The molecule has 2 amide bonds. The largest absolute Gasteiger partial charge is 0.493 e. The number of ether oxygens (including phenoxy) is 3. The molecule has 0 radical (unpaired) electrons. The third-order valence-corrected chi connectivity index (χ3v) is 6.15. The van der Waals surface area contributed by atoms with E-state index in [2.05, 4.69) is 10.6 Å². The third kappa shape index (κ3) is 7.44. The van der Waals surface area contributed by atoms with Gasteiger partial charge in [0, 0.05) is 38.0 Å². The van der Waals surface area contributed by atoms with Crippen LogP contribution in [0.15, 0.2) is 36.4 Å². The van der Waals surface area contributed by atoms with Crippen molar-refractivity contribution in [2.75, 3.05) is 45.9 Å². The number of carbonyl (C=O) groups is 2. The van der Waals surface area contributed by atoms with Crippen LogP contribution in [0.25, 0.3) is 0 Å². The molecule has 2 aromatic carbocycles. The van der Waals surface area contributed by atoms with E-state index in [4.69, 9.17) is 14.2 Å². The van der Waals surface area contributed by atoms with Crippen molar-refractivity contribution in [2.24, 2.45) is 0 Å². The standard InChI is InChI=1S/C27H37N3O5/c1-33-19-26(31)30-14-8-6-4-5-7-13-28-18-22-16-21(10-11-23(22)30)27(32)29-17-20-9-12-24(34-2)25(15-20)35-3/h9-12,15-16,28H,4-8,13-14,17-19H2,1-3H3,(H,29,32). The van der Waals surface area contributed by atoms with E-state index < -0.39 is 0 Å². The van der Waals surface area contributed by atoms with Crippen molar-refractivity contribution in [3.8, 4) is 11.5 Å². The lowest BCUT2D eigenvalue weighted by Crippen LogP contribution is -2.36. The van der Waals surface area contributed by atoms with Gasteiger partial charge in [-0.05, 0) is 60.8 Å². The van der Waals surface area contributed by atoms with Crippen molar-refractivity contribution in [2.45, 2.75) is 45.2 Å². The summed E-state index contributed by atoms with van der Waals surface area (Å²) in [5.74, 6) is 1.01. The quantitative estimate of drug-likeness (QED) is 0.625. The van der Waals surface area contributed by atoms with Gasteiger partial charge in [-0.2, -0.15) is 0 Å². The number of anilines is 1. The molecule has 8 nitrogen and oxygen atoms in total. The van der Waals surface area contributed by atoms with Gasteiger partial charge < -0.3 is 29.7 Å². The van der Waals surface area contributed by atoms with Crippen LogP contribution in [-0.4, -0.2) is 52.8 Å². The van der Waals surface area contributed by atoms with Gasteiger partial charge in [-0.15, -0.1) is 0 Å². The fraction of sp³-hybridized carbons (Fsp3) is 0.481. The average Bonchev–Trinajstić information content (AvgIpc) is 2.87. The maximum absolute atomic E-state index is 13.0. The highest BCUT2D eigenvalue weighted by Gasteiger charge is 2.20. The lowest BCUT2D eigenvalue weighted by Gasteiger charge is -2.26. The van der Waals surface area contributed by atoms with E-state index >= 15 is 0 Å². The summed E-state index contributed by atoms with van der Waals surface area (Å²) in [6.45, 7) is 2.51. The molecular formula is C27H37N3O5. The number of rotatable bonds is 7. The number of benzene rings is 2. The predicted octanol–water partition coefficient (Wildman–Crippen LogP) is 3.67. The molecule has 0 fully saturated rings. The van der Waals surface area contributed by atoms with Crippen LogP contribution >= 0.6 is 0 Å². The smallest absolute Gasteiger partial charge is 0.252 e. The Balaban J connectivity index is 1.79. The maximum Gasteiger partial charge on any atom is 0.252 e. The Hall–Kier alpha value is -3.10. The molecule has 2 N–H and O–H groups in total. The number of nitrogens with one attached hydrogen (secondary N) is 2. The van der Waals surface area contributed by atoms with Gasteiger partial charge in [0.2, 0.25) is 0 Å². The van der Waals surface area contributed by atoms with E-state index in [9.17, 15) is 9.59 Å². The van der Waals surface area contributed by atoms with Crippen molar-refractivity contribution < 1.29 is 23.8 Å². The predicted molar refractivity (Wildman–Crippen MR) is 136 cm³/mol. The normalized spacial score (nSPS) is 14.8. The third-order valence-electron chi connectivity index (χ3n) is 6.15. The molecule has 0 saturated heterocycles. The first-order valence-corrected chi connectivity index (χ1v) is 12.2. The molecule has 0 aromatic heterocycles. The summed E-state index contributed by atoms with van der Waals surface area (Å²) in [6, 6.07) is 11.1. The SMILES string of the molecule is COCC(=O)N1CCCCCCCNCc2cc(C(=O)NCc3ccc(OC)c(OC)c3)ccc21. The average molecular weight is 484 g/mol. The van der Waals surface area contributed by atoms with Crippen molar-refractivity contribution >= 4 is 17.5 Å². The Kier molecular flexibility index (Phi) is 10.4. The van der Waals surface area contributed by atoms with Crippen LogP contribution in [0, 0.1) is 0 Å². The fourth-order valence-corrected chi connectivity index (χ4v) is 4.26. The Morgan fingerprint density at radius 2 is 1.71 bits per heavy atom. The minimum Gasteiger partial charge on any atom is -0.493 e. The number of methoxy groups -OCH3 is 3. The lowest BCUT2D eigenvalue weighted by atomic mass is 10.0. The number of hydrogen-bond donors (Lipinski definition) is 2. The molecular weight excluding hydrogens is 446 g/mol. The summed E-state index contributed by atoms with van der Waals surface area (Å²) in [7, 11) is 4.70. The van der Waals surface area contributed by atoms with E-state index in [1.807, 2.05) is 30.3 Å². The van der Waals surface area contributed by atoms with Gasteiger partial charge in [-0.25, -0.2) is 0 Å². The zero-order chi connectivity index (χ0) is 25.0. The maximum atomic E-state index is 13.0. The van der Waals surface area contributed by atoms with Crippen molar-refractivity contribution in [3.63, 3.8) is 0 Å². The molecule has 1 aliphatic heterocycles. The van der Waals surface area contributed by atoms with Gasteiger partial charge in [0.15, 0.2) is 11.5 Å². The van der Waals surface area contributed by atoms with Crippen LogP contribution in [0.1, 0.15) is 53.6 Å². The van der Waals surface area contributed by atoms with Crippen LogP contribution in [0.5, 0.6) is 11.5 Å². The highest BCUT2D eigenvalue weighted by Crippen LogP contribution is 2.28. The molecule has 35 heavy (non-hydrogen) atoms. The molecule has 190 valence electrons. The summed E-state index contributed by atoms with van der Waals surface area (Å²) < 4.78 is 15.7. The van der Waals surface area contributed by atoms with Crippen LogP contribution in [-0.2, 0) is 22.6 Å². The van der Waals surface area contributed by atoms with Crippen molar-refractivity contribution in [1.82, 2.24) is 10.6 Å².